The molecule has 1 aliphatic heterocycles. The van der Waals surface area contributed by atoms with E-state index in [0.29, 0.717) is 12.4 Å². The molecule has 0 spiro atoms. The summed E-state index contributed by atoms with van der Waals surface area (Å²) in [5.74, 6) is 0.715. The van der Waals surface area contributed by atoms with Gasteiger partial charge in [0.05, 0.1) is 12.4 Å². The van der Waals surface area contributed by atoms with Crippen LogP contribution in [0.1, 0.15) is 13.3 Å². The van der Waals surface area contributed by atoms with Gasteiger partial charge >= 0.3 is 0 Å². The quantitative estimate of drug-likeness (QED) is 0.576. The number of para-hydroxylation sites is 1. The van der Waals surface area contributed by atoms with E-state index in [9.17, 15) is 4.39 Å². The fourth-order valence-electron chi connectivity index (χ4n) is 3.70. The minimum Gasteiger partial charge on any atom is -0.367 e. The van der Waals surface area contributed by atoms with Gasteiger partial charge in [-0.2, -0.15) is 5.10 Å². The molecule has 2 aromatic heterocycles. The van der Waals surface area contributed by atoms with Crippen molar-refractivity contribution >= 4 is 17.9 Å². The Balaban J connectivity index is 1.49. The van der Waals surface area contributed by atoms with Crippen LogP contribution in [-0.2, 0) is 13.2 Å². The van der Waals surface area contributed by atoms with E-state index in [1.54, 1.807) is 18.5 Å². The maximum absolute atomic E-state index is 14.1. The predicted octanol–water partition coefficient (Wildman–Crippen LogP) is 3.80. The molecule has 1 aliphatic rings. The number of halogens is 1. The molecule has 1 fully saturated rings. The summed E-state index contributed by atoms with van der Waals surface area (Å²) in [7, 11) is 0. The molecule has 1 aromatic carbocycles. The average molecular weight is 413 g/mol. The molecule has 0 N–H and O–H groups in total. The molecular weight excluding hydrogens is 387 g/mol. The Bertz CT molecular complexity index is 1010. The van der Waals surface area contributed by atoms with Gasteiger partial charge in [-0.1, -0.05) is 19.1 Å². The highest BCUT2D eigenvalue weighted by Gasteiger charge is 2.21. The molecule has 4 rings (SSSR count). The van der Waals surface area contributed by atoms with Crippen molar-refractivity contribution in [3.63, 3.8) is 0 Å². The topological polar surface area (TPSA) is 42.1 Å². The average Bonchev–Trinajstić information content (AvgIpc) is 3.06. The molecule has 0 amide bonds. The minimum absolute atomic E-state index is 0.163. The summed E-state index contributed by atoms with van der Waals surface area (Å²) < 4.78 is 18.8. The number of pyridine rings is 1. The normalized spacial score (nSPS) is 15.0. The lowest BCUT2D eigenvalue weighted by Crippen LogP contribution is -2.47. The molecule has 0 bridgehead atoms. The summed E-state index contributed by atoms with van der Waals surface area (Å²) in [5, 5.41) is 4.82. The zero-order valence-electron chi connectivity index (χ0n) is 16.5. The highest BCUT2D eigenvalue weighted by molar-refractivity contribution is 7.71. The summed E-state index contributed by atoms with van der Waals surface area (Å²) in [6.45, 7) is 6.83. The molecule has 0 saturated carbocycles. The number of anilines is 1. The standard InChI is InChI=1S/C21H25FN6S/c1-2-11-27-20(17-7-9-23-10-8-17)24-28(21(27)29)16-25-12-14-26(15-13-25)19-6-4-3-5-18(19)22/h3-10H,2,11-16H2,1H3. The highest BCUT2D eigenvalue weighted by atomic mass is 32.1. The van der Waals surface area contributed by atoms with Crippen molar-refractivity contribution in [3.05, 3.63) is 59.4 Å². The smallest absolute Gasteiger partial charge is 0.199 e. The van der Waals surface area contributed by atoms with Crippen LogP contribution >= 0.6 is 12.2 Å². The van der Waals surface area contributed by atoms with E-state index in [0.717, 1.165) is 55.3 Å². The molecule has 6 nitrogen and oxygen atoms in total. The van der Waals surface area contributed by atoms with E-state index in [2.05, 4.69) is 26.3 Å². The largest absolute Gasteiger partial charge is 0.367 e. The van der Waals surface area contributed by atoms with Crippen LogP contribution in [0.2, 0.25) is 0 Å². The second-order valence-corrected chi connectivity index (χ2v) is 7.56. The monoisotopic (exact) mass is 412 g/mol. The van der Waals surface area contributed by atoms with Gasteiger partial charge in [0.1, 0.15) is 5.82 Å². The first kappa shape index (κ1) is 19.7. The maximum atomic E-state index is 14.1. The van der Waals surface area contributed by atoms with E-state index in [-0.39, 0.29) is 5.82 Å². The Kier molecular flexibility index (Phi) is 6.01. The second kappa shape index (κ2) is 8.84. The zero-order chi connectivity index (χ0) is 20.2. The third kappa shape index (κ3) is 4.23. The lowest BCUT2D eigenvalue weighted by atomic mass is 10.2. The van der Waals surface area contributed by atoms with Gasteiger partial charge in [-0.25, -0.2) is 9.07 Å². The SMILES string of the molecule is CCCn1c(-c2ccncc2)nn(CN2CCN(c3ccccc3F)CC2)c1=S. The van der Waals surface area contributed by atoms with E-state index in [1.165, 1.54) is 6.07 Å². The van der Waals surface area contributed by atoms with E-state index in [1.807, 2.05) is 28.9 Å². The van der Waals surface area contributed by atoms with Crippen LogP contribution in [-0.4, -0.2) is 50.4 Å². The van der Waals surface area contributed by atoms with Gasteiger partial charge < -0.3 is 4.90 Å². The van der Waals surface area contributed by atoms with Crippen LogP contribution in [0.5, 0.6) is 0 Å². The molecular formula is C21H25FN6S. The van der Waals surface area contributed by atoms with Gasteiger partial charge in [-0.15, -0.1) is 0 Å². The van der Waals surface area contributed by atoms with Crippen molar-refractivity contribution in [1.82, 2.24) is 24.2 Å². The number of hydrogen-bond acceptors (Lipinski definition) is 5. The number of rotatable bonds is 6. The second-order valence-electron chi connectivity index (χ2n) is 7.19. The number of hydrogen-bond donors (Lipinski definition) is 0. The van der Waals surface area contributed by atoms with Crippen LogP contribution in [0.4, 0.5) is 10.1 Å². The third-order valence-electron chi connectivity index (χ3n) is 5.21. The van der Waals surface area contributed by atoms with Crippen molar-refractivity contribution in [2.75, 3.05) is 31.1 Å². The van der Waals surface area contributed by atoms with Crippen molar-refractivity contribution in [1.29, 1.82) is 0 Å². The van der Waals surface area contributed by atoms with Gasteiger partial charge in [0.2, 0.25) is 0 Å². The molecule has 0 unspecified atom stereocenters. The van der Waals surface area contributed by atoms with E-state index in [4.69, 9.17) is 17.3 Å². The van der Waals surface area contributed by atoms with Crippen LogP contribution < -0.4 is 4.90 Å². The molecule has 0 radical (unpaired) electrons. The van der Waals surface area contributed by atoms with Gasteiger partial charge in [-0.3, -0.25) is 14.5 Å². The zero-order valence-corrected chi connectivity index (χ0v) is 17.4. The van der Waals surface area contributed by atoms with Gasteiger partial charge in [0, 0.05) is 50.7 Å². The molecule has 152 valence electrons. The van der Waals surface area contributed by atoms with Crippen LogP contribution in [0.25, 0.3) is 11.4 Å². The predicted molar refractivity (Wildman–Crippen MR) is 115 cm³/mol. The van der Waals surface area contributed by atoms with Gasteiger partial charge in [0.25, 0.3) is 0 Å². The van der Waals surface area contributed by atoms with Crippen molar-refractivity contribution in [3.8, 4) is 11.4 Å². The molecule has 0 atom stereocenters. The number of aromatic nitrogens is 4. The lowest BCUT2D eigenvalue weighted by Gasteiger charge is -2.35. The number of benzene rings is 1. The van der Waals surface area contributed by atoms with Crippen molar-refractivity contribution in [2.24, 2.45) is 0 Å². The summed E-state index contributed by atoms with van der Waals surface area (Å²) in [6, 6.07) is 10.9. The molecule has 3 aromatic rings. The van der Waals surface area contributed by atoms with Crippen LogP contribution in [0, 0.1) is 10.6 Å². The first-order chi connectivity index (χ1) is 14.2. The Hall–Kier alpha value is -2.58. The first-order valence-electron chi connectivity index (χ1n) is 9.97. The molecule has 29 heavy (non-hydrogen) atoms. The Morgan fingerprint density at radius 1 is 1.03 bits per heavy atom. The Morgan fingerprint density at radius 3 is 2.45 bits per heavy atom. The minimum atomic E-state index is -0.163. The molecule has 3 heterocycles. The van der Waals surface area contributed by atoms with Crippen molar-refractivity contribution in [2.45, 2.75) is 26.6 Å². The van der Waals surface area contributed by atoms with Gasteiger partial charge in [0.15, 0.2) is 10.6 Å². The van der Waals surface area contributed by atoms with E-state index >= 15 is 0 Å². The van der Waals surface area contributed by atoms with Crippen LogP contribution in [0.3, 0.4) is 0 Å². The third-order valence-corrected chi connectivity index (χ3v) is 5.64. The molecule has 1 saturated heterocycles. The summed E-state index contributed by atoms with van der Waals surface area (Å²) in [4.78, 5) is 8.51. The van der Waals surface area contributed by atoms with Crippen molar-refractivity contribution < 1.29 is 4.39 Å². The van der Waals surface area contributed by atoms with Crippen LogP contribution in [0.15, 0.2) is 48.8 Å². The Morgan fingerprint density at radius 2 is 1.76 bits per heavy atom. The highest BCUT2D eigenvalue weighted by Crippen LogP contribution is 2.21. The molecule has 0 aliphatic carbocycles. The number of piperazine rings is 1. The fraction of sp³-hybridized carbons (Fsp3) is 0.381. The Labute approximate surface area is 175 Å². The number of nitrogens with zero attached hydrogens (tertiary/aromatic N) is 6. The summed E-state index contributed by atoms with van der Waals surface area (Å²) in [5.41, 5.74) is 1.69. The summed E-state index contributed by atoms with van der Waals surface area (Å²) >= 11 is 5.72. The summed E-state index contributed by atoms with van der Waals surface area (Å²) in [6.07, 6.45) is 4.53. The first-order valence-corrected chi connectivity index (χ1v) is 10.4. The molecule has 8 heteroatoms. The van der Waals surface area contributed by atoms with E-state index < -0.39 is 0 Å². The maximum Gasteiger partial charge on any atom is 0.199 e. The van der Waals surface area contributed by atoms with Gasteiger partial charge in [-0.05, 0) is 42.9 Å². The lowest BCUT2D eigenvalue weighted by molar-refractivity contribution is 0.194. The fourth-order valence-corrected chi connectivity index (χ4v) is 3.98.